The Labute approximate surface area is 104 Å². The molecule has 0 aromatic heterocycles. The lowest BCUT2D eigenvalue weighted by Crippen LogP contribution is -2.34. The van der Waals surface area contributed by atoms with Gasteiger partial charge in [-0.25, -0.2) is 8.57 Å². The molecule has 0 spiro atoms. The molecule has 1 rings (SSSR count). The third-order valence-electron chi connectivity index (χ3n) is 1.78. The summed E-state index contributed by atoms with van der Waals surface area (Å²) < 4.78 is 58.0. The van der Waals surface area contributed by atoms with Gasteiger partial charge in [0.25, 0.3) is 10.1 Å². The Kier molecular flexibility index (Phi) is 3.82. The molecule has 0 aliphatic heterocycles. The van der Waals surface area contributed by atoms with E-state index in [0.717, 1.165) is 18.4 Å². The summed E-state index contributed by atoms with van der Waals surface area (Å²) in [6.45, 7) is 2.47. The number of ether oxygens (including phenoxy) is 1. The van der Waals surface area contributed by atoms with Crippen molar-refractivity contribution >= 4 is 15.8 Å². The van der Waals surface area contributed by atoms with E-state index < -0.39 is 33.3 Å². The minimum Gasteiger partial charge on any atom is -0.456 e. The van der Waals surface area contributed by atoms with Crippen LogP contribution in [0.1, 0.15) is 13.8 Å². The molecule has 2 N–H and O–H groups in total. The van der Waals surface area contributed by atoms with Gasteiger partial charge < -0.3 is 10.5 Å². The van der Waals surface area contributed by atoms with Crippen LogP contribution >= 0.6 is 0 Å². The van der Waals surface area contributed by atoms with Crippen LogP contribution in [-0.2, 0) is 14.3 Å². The van der Waals surface area contributed by atoms with Crippen LogP contribution in [0.3, 0.4) is 0 Å². The smallest absolute Gasteiger partial charge is 0.267 e. The number of halogens is 2. The van der Waals surface area contributed by atoms with E-state index in [0.29, 0.717) is 0 Å². The summed E-state index contributed by atoms with van der Waals surface area (Å²) in [5, 5.41) is 0. The third kappa shape index (κ3) is 3.81. The molecule has 1 aromatic rings. The Morgan fingerprint density at radius 2 is 1.83 bits per heavy atom. The van der Waals surface area contributed by atoms with Crippen molar-refractivity contribution in [3.63, 3.8) is 0 Å². The number of hydrogen-bond donors (Lipinski definition) is 1. The number of nitrogen functional groups attached to an aromatic ring is 1. The summed E-state index contributed by atoms with van der Waals surface area (Å²) in [5.41, 5.74) is 5.26. The lowest BCUT2D eigenvalue weighted by Gasteiger charge is -2.25. The third-order valence-corrected chi connectivity index (χ3v) is 2.48. The summed E-state index contributed by atoms with van der Waals surface area (Å²) in [4.78, 5) is 0. The van der Waals surface area contributed by atoms with E-state index >= 15 is 0 Å². The zero-order valence-corrected chi connectivity index (χ0v) is 10.8. The van der Waals surface area contributed by atoms with Crippen molar-refractivity contribution in [3.8, 4) is 5.75 Å². The molecule has 0 amide bonds. The van der Waals surface area contributed by atoms with Crippen LogP contribution in [-0.4, -0.2) is 20.5 Å². The molecule has 0 saturated carbocycles. The highest BCUT2D eigenvalue weighted by molar-refractivity contribution is 7.86. The second-order valence-corrected chi connectivity index (χ2v) is 5.64. The first-order chi connectivity index (χ1) is 8.02. The van der Waals surface area contributed by atoms with Gasteiger partial charge in [-0.05, 0) is 12.1 Å². The van der Waals surface area contributed by atoms with Crippen LogP contribution in [0.5, 0.6) is 5.75 Å². The van der Waals surface area contributed by atoms with E-state index in [1.807, 2.05) is 0 Å². The standard InChI is InChI=1S/C10H13F2NO4S/c1-10(2,17-18(3,14)15)16-9-7(13)5-4-6(11)8(9)12/h4-5H,13H2,1-3H3. The zero-order chi connectivity index (χ0) is 14.1. The molecule has 0 saturated heterocycles. The maximum absolute atomic E-state index is 13.4. The maximum Gasteiger partial charge on any atom is 0.267 e. The molecule has 0 aliphatic carbocycles. The Balaban J connectivity index is 3.08. The maximum atomic E-state index is 13.4. The van der Waals surface area contributed by atoms with Gasteiger partial charge in [0.05, 0.1) is 11.9 Å². The van der Waals surface area contributed by atoms with Gasteiger partial charge in [-0.1, -0.05) is 0 Å². The quantitative estimate of drug-likeness (QED) is 0.515. The predicted octanol–water partition coefficient (Wildman–Crippen LogP) is 1.64. The van der Waals surface area contributed by atoms with E-state index in [1.54, 1.807) is 0 Å². The van der Waals surface area contributed by atoms with E-state index in [2.05, 4.69) is 4.18 Å². The molecular formula is C10H13F2NO4S. The molecule has 0 unspecified atom stereocenters. The van der Waals surface area contributed by atoms with Gasteiger partial charge in [-0.2, -0.15) is 12.8 Å². The molecule has 5 nitrogen and oxygen atoms in total. The minimum absolute atomic E-state index is 0.168. The first-order valence-electron chi connectivity index (χ1n) is 4.85. The van der Waals surface area contributed by atoms with Crippen molar-refractivity contribution in [2.45, 2.75) is 19.6 Å². The lowest BCUT2D eigenvalue weighted by molar-refractivity contribution is -0.0772. The van der Waals surface area contributed by atoms with Crippen molar-refractivity contribution < 1.29 is 26.1 Å². The topological polar surface area (TPSA) is 78.6 Å². The van der Waals surface area contributed by atoms with Gasteiger partial charge in [-0.3, -0.25) is 0 Å². The van der Waals surface area contributed by atoms with Crippen LogP contribution in [0.2, 0.25) is 0 Å². The van der Waals surface area contributed by atoms with E-state index in [-0.39, 0.29) is 5.69 Å². The zero-order valence-electron chi connectivity index (χ0n) is 10.0. The summed E-state index contributed by atoms with van der Waals surface area (Å²) in [6, 6.07) is 1.94. The fraction of sp³-hybridized carbons (Fsp3) is 0.400. The van der Waals surface area contributed by atoms with Crippen molar-refractivity contribution in [1.82, 2.24) is 0 Å². The SMILES string of the molecule is CC(C)(Oc1c(N)ccc(F)c1F)OS(C)(=O)=O. The van der Waals surface area contributed by atoms with Crippen molar-refractivity contribution in [1.29, 1.82) is 0 Å². The molecule has 102 valence electrons. The van der Waals surface area contributed by atoms with Gasteiger partial charge in [-0.15, -0.1) is 0 Å². The molecule has 18 heavy (non-hydrogen) atoms. The van der Waals surface area contributed by atoms with Crippen LogP contribution < -0.4 is 10.5 Å². The number of hydrogen-bond acceptors (Lipinski definition) is 5. The first kappa shape index (κ1) is 14.7. The minimum atomic E-state index is -3.82. The van der Waals surface area contributed by atoms with Crippen molar-refractivity contribution in [2.24, 2.45) is 0 Å². The van der Waals surface area contributed by atoms with E-state index in [1.165, 1.54) is 13.8 Å². The Morgan fingerprint density at radius 1 is 1.28 bits per heavy atom. The van der Waals surface area contributed by atoms with Crippen LogP contribution in [0.4, 0.5) is 14.5 Å². The van der Waals surface area contributed by atoms with Crippen LogP contribution in [0.25, 0.3) is 0 Å². The number of nitrogens with two attached hydrogens (primary N) is 1. The van der Waals surface area contributed by atoms with E-state index in [4.69, 9.17) is 10.5 Å². The molecule has 0 radical (unpaired) electrons. The highest BCUT2D eigenvalue weighted by Crippen LogP contribution is 2.31. The van der Waals surface area contributed by atoms with Crippen molar-refractivity contribution in [2.75, 3.05) is 12.0 Å². The molecule has 0 fully saturated rings. The summed E-state index contributed by atoms with van der Waals surface area (Å²) >= 11 is 0. The molecule has 0 atom stereocenters. The van der Waals surface area contributed by atoms with Gasteiger partial charge in [0.15, 0.2) is 11.6 Å². The van der Waals surface area contributed by atoms with Gasteiger partial charge in [0.2, 0.25) is 11.6 Å². The molecular weight excluding hydrogens is 268 g/mol. The number of rotatable bonds is 4. The molecule has 0 heterocycles. The monoisotopic (exact) mass is 281 g/mol. The van der Waals surface area contributed by atoms with E-state index in [9.17, 15) is 17.2 Å². The molecule has 1 aromatic carbocycles. The highest BCUT2D eigenvalue weighted by atomic mass is 32.2. The average Bonchev–Trinajstić information content (AvgIpc) is 2.15. The fourth-order valence-electron chi connectivity index (χ4n) is 1.28. The second-order valence-electron chi connectivity index (χ2n) is 4.07. The molecule has 0 bridgehead atoms. The summed E-state index contributed by atoms with van der Waals surface area (Å²) in [6.07, 6.45) is 0.809. The largest absolute Gasteiger partial charge is 0.456 e. The predicted molar refractivity (Wildman–Crippen MR) is 61.4 cm³/mol. The number of anilines is 1. The van der Waals surface area contributed by atoms with Crippen LogP contribution in [0.15, 0.2) is 12.1 Å². The van der Waals surface area contributed by atoms with Gasteiger partial charge in [0, 0.05) is 13.8 Å². The lowest BCUT2D eigenvalue weighted by atomic mass is 10.2. The summed E-state index contributed by atoms with van der Waals surface area (Å²) in [7, 11) is -3.82. The number of benzene rings is 1. The molecule has 0 aliphatic rings. The average molecular weight is 281 g/mol. The Hall–Kier alpha value is -1.41. The Bertz CT molecular complexity index is 557. The normalized spacial score (nSPS) is 12.5. The molecule has 8 heteroatoms. The van der Waals surface area contributed by atoms with Crippen LogP contribution in [0, 0.1) is 11.6 Å². The summed E-state index contributed by atoms with van der Waals surface area (Å²) in [5.74, 6) is -4.77. The van der Waals surface area contributed by atoms with Crippen molar-refractivity contribution in [3.05, 3.63) is 23.8 Å². The van der Waals surface area contributed by atoms with Gasteiger partial charge >= 0.3 is 0 Å². The second kappa shape index (κ2) is 4.69. The van der Waals surface area contributed by atoms with Gasteiger partial charge in [0.1, 0.15) is 0 Å². The fourth-order valence-corrected chi connectivity index (χ4v) is 2.04. The Morgan fingerprint density at radius 3 is 2.33 bits per heavy atom. The highest BCUT2D eigenvalue weighted by Gasteiger charge is 2.29. The first-order valence-corrected chi connectivity index (χ1v) is 6.66.